The molecule has 1 aliphatic heterocycles. The van der Waals surface area contributed by atoms with Crippen LogP contribution in [-0.2, 0) is 24.8 Å². The van der Waals surface area contributed by atoms with Gasteiger partial charge < -0.3 is 5.32 Å². The van der Waals surface area contributed by atoms with E-state index in [1.807, 2.05) is 0 Å². The molecule has 3 aromatic carbocycles. The third-order valence-corrected chi connectivity index (χ3v) is 11.5. The van der Waals surface area contributed by atoms with Crippen LogP contribution >= 0.6 is 11.6 Å². The Balaban J connectivity index is 1.38. The van der Waals surface area contributed by atoms with Gasteiger partial charge in [0.2, 0.25) is 15.9 Å². The monoisotopic (exact) mass is 604 g/mol. The average molecular weight is 605 g/mol. The van der Waals surface area contributed by atoms with Gasteiger partial charge in [-0.15, -0.1) is 11.6 Å². The molecule has 2 aliphatic rings. The maximum atomic E-state index is 13.6. The quantitative estimate of drug-likeness (QED) is 0.352. The number of fused-ring (bicyclic) bond motifs is 1. The van der Waals surface area contributed by atoms with Gasteiger partial charge in [-0.05, 0) is 63.1 Å². The summed E-state index contributed by atoms with van der Waals surface area (Å²) in [7, 11) is -7.89. The Bertz CT molecular complexity index is 1630. The van der Waals surface area contributed by atoms with Gasteiger partial charge in [-0.25, -0.2) is 16.8 Å². The van der Waals surface area contributed by atoms with Gasteiger partial charge in [-0.1, -0.05) is 24.3 Å². The molecule has 1 aliphatic carbocycles. The predicted molar refractivity (Wildman–Crippen MR) is 158 cm³/mol. The van der Waals surface area contributed by atoms with Gasteiger partial charge in [0.15, 0.2) is 0 Å². The first-order valence-corrected chi connectivity index (χ1v) is 16.6. The molecule has 0 spiro atoms. The number of benzene rings is 3. The lowest BCUT2D eigenvalue weighted by Crippen LogP contribution is -2.49. The molecule has 1 saturated heterocycles. The number of carbonyl (C=O) groups is 1. The third kappa shape index (κ3) is 5.84. The van der Waals surface area contributed by atoms with Crippen molar-refractivity contribution < 1.29 is 21.6 Å². The Morgan fingerprint density at radius 1 is 0.850 bits per heavy atom. The number of amides is 1. The molecule has 2 fully saturated rings. The predicted octanol–water partition coefficient (Wildman–Crippen LogP) is 4.31. The van der Waals surface area contributed by atoms with E-state index in [1.54, 1.807) is 62.4 Å². The Kier molecular flexibility index (Phi) is 7.88. The van der Waals surface area contributed by atoms with Crippen molar-refractivity contribution >= 4 is 59.7 Å². The fraction of sp³-hybridized carbons (Fsp3) is 0.393. The molecular weight excluding hydrogens is 572 g/mol. The number of halogens is 1. The van der Waals surface area contributed by atoms with Crippen LogP contribution in [0.2, 0.25) is 0 Å². The van der Waals surface area contributed by atoms with Crippen molar-refractivity contribution in [2.75, 3.05) is 42.1 Å². The summed E-state index contributed by atoms with van der Waals surface area (Å²) in [6.07, 6.45) is 2.35. The van der Waals surface area contributed by atoms with Crippen LogP contribution in [-0.4, -0.2) is 70.0 Å². The molecule has 5 rings (SSSR count). The number of sulfonamides is 2. The highest BCUT2D eigenvalue weighted by atomic mass is 35.5. The van der Waals surface area contributed by atoms with Crippen molar-refractivity contribution in [1.29, 1.82) is 0 Å². The first-order valence-electron chi connectivity index (χ1n) is 13.2. The molecular formula is C28H33ClN4O5S2. The van der Waals surface area contributed by atoms with E-state index in [9.17, 15) is 21.6 Å². The number of hydrogen-bond acceptors (Lipinski definition) is 6. The lowest BCUT2D eigenvalue weighted by Gasteiger charge is -2.34. The lowest BCUT2D eigenvalue weighted by atomic mass is 9.95. The average Bonchev–Trinajstić information content (AvgIpc) is 3.79. The zero-order chi connectivity index (χ0) is 28.7. The van der Waals surface area contributed by atoms with Crippen LogP contribution in [0.4, 0.5) is 11.4 Å². The molecule has 0 atom stereocenters. The molecule has 2 N–H and O–H groups in total. The molecule has 1 amide bonds. The molecule has 3 aromatic rings. The lowest BCUT2D eigenvalue weighted by molar-refractivity contribution is -0.122. The maximum Gasteiger partial charge on any atom is 0.262 e. The van der Waals surface area contributed by atoms with E-state index in [1.165, 1.54) is 29.3 Å². The van der Waals surface area contributed by atoms with Crippen molar-refractivity contribution in [3.63, 3.8) is 0 Å². The van der Waals surface area contributed by atoms with E-state index in [2.05, 4.69) is 14.9 Å². The van der Waals surface area contributed by atoms with Crippen molar-refractivity contribution in [2.45, 2.75) is 42.5 Å². The van der Waals surface area contributed by atoms with Gasteiger partial charge in [0.05, 0.1) is 15.2 Å². The van der Waals surface area contributed by atoms with Gasteiger partial charge in [0.25, 0.3) is 10.0 Å². The molecule has 0 aromatic heterocycles. The summed E-state index contributed by atoms with van der Waals surface area (Å²) in [4.78, 5) is 14.8. The second-order valence-electron chi connectivity index (χ2n) is 10.9. The van der Waals surface area contributed by atoms with E-state index < -0.39 is 25.5 Å². The second kappa shape index (κ2) is 10.9. The van der Waals surface area contributed by atoms with Crippen molar-refractivity contribution in [2.24, 2.45) is 5.41 Å². The summed E-state index contributed by atoms with van der Waals surface area (Å²) in [5.74, 6) is -0.0934. The van der Waals surface area contributed by atoms with Crippen LogP contribution in [0.3, 0.4) is 0 Å². The topological polar surface area (TPSA) is 116 Å². The fourth-order valence-corrected chi connectivity index (χ4v) is 7.82. The van der Waals surface area contributed by atoms with Crippen LogP contribution in [0.1, 0.15) is 26.7 Å². The molecule has 214 valence electrons. The Morgan fingerprint density at radius 3 is 1.98 bits per heavy atom. The normalized spacial score (nSPS) is 17.6. The van der Waals surface area contributed by atoms with E-state index in [-0.39, 0.29) is 21.6 Å². The minimum absolute atomic E-state index is 0.0261. The van der Waals surface area contributed by atoms with E-state index >= 15 is 0 Å². The smallest absolute Gasteiger partial charge is 0.262 e. The summed E-state index contributed by atoms with van der Waals surface area (Å²) in [6.45, 7) is 5.68. The third-order valence-electron chi connectivity index (χ3n) is 7.43. The number of alkyl halides is 1. The standard InChI is InChI=1S/C28H33ClN4O5S2/c1-28(2,19-29)27(34)30-20-9-11-21(12-10-20)31-39(35,36)25-7-3-6-24-23(25)5-4-8-26(24)40(37,38)33-17-15-32(16-18-33)22-13-14-22/h3-12,22,31H,13-19H2,1-2H3,(H,30,34). The molecule has 0 radical (unpaired) electrons. The molecule has 40 heavy (non-hydrogen) atoms. The minimum atomic E-state index is -4.07. The molecule has 0 unspecified atom stereocenters. The molecule has 0 bridgehead atoms. The van der Waals surface area contributed by atoms with Gasteiger partial charge in [0, 0.05) is 60.2 Å². The highest BCUT2D eigenvalue weighted by molar-refractivity contribution is 7.93. The van der Waals surface area contributed by atoms with E-state index in [0.29, 0.717) is 54.4 Å². The summed E-state index contributed by atoms with van der Waals surface area (Å²) in [5.41, 5.74) is 0.0426. The van der Waals surface area contributed by atoms with Crippen LogP contribution in [0.15, 0.2) is 70.5 Å². The largest absolute Gasteiger partial charge is 0.326 e. The summed E-state index contributed by atoms with van der Waals surface area (Å²) in [5, 5.41) is 3.45. The maximum absolute atomic E-state index is 13.6. The van der Waals surface area contributed by atoms with Crippen LogP contribution < -0.4 is 10.0 Å². The van der Waals surface area contributed by atoms with Gasteiger partial charge in [-0.3, -0.25) is 14.4 Å². The summed E-state index contributed by atoms with van der Waals surface area (Å²) < 4.78 is 58.3. The first-order chi connectivity index (χ1) is 18.9. The van der Waals surface area contributed by atoms with Crippen LogP contribution in [0, 0.1) is 5.41 Å². The van der Waals surface area contributed by atoms with E-state index in [4.69, 9.17) is 11.6 Å². The highest BCUT2D eigenvalue weighted by Gasteiger charge is 2.35. The Hall–Kier alpha value is -2.70. The van der Waals surface area contributed by atoms with Crippen molar-refractivity contribution in [3.8, 4) is 0 Å². The van der Waals surface area contributed by atoms with Crippen molar-refractivity contribution in [3.05, 3.63) is 60.7 Å². The Labute approximate surface area is 240 Å². The Morgan fingerprint density at radius 2 is 1.40 bits per heavy atom. The zero-order valence-electron chi connectivity index (χ0n) is 22.4. The summed E-state index contributed by atoms with van der Waals surface area (Å²) in [6, 6.07) is 16.2. The van der Waals surface area contributed by atoms with Gasteiger partial charge in [-0.2, -0.15) is 4.31 Å². The second-order valence-corrected chi connectivity index (χ2v) is 14.8. The van der Waals surface area contributed by atoms with Crippen molar-refractivity contribution in [1.82, 2.24) is 9.21 Å². The number of piperazine rings is 1. The summed E-state index contributed by atoms with van der Waals surface area (Å²) >= 11 is 5.87. The number of rotatable bonds is 9. The minimum Gasteiger partial charge on any atom is -0.326 e. The van der Waals surface area contributed by atoms with Gasteiger partial charge >= 0.3 is 0 Å². The zero-order valence-corrected chi connectivity index (χ0v) is 24.8. The SMILES string of the molecule is CC(C)(CCl)C(=O)Nc1ccc(NS(=O)(=O)c2cccc3c(S(=O)(=O)N4CCN(C5CC5)CC4)cccc23)cc1. The van der Waals surface area contributed by atoms with Crippen LogP contribution in [0.25, 0.3) is 10.8 Å². The molecule has 12 heteroatoms. The number of hydrogen-bond donors (Lipinski definition) is 2. The number of carbonyl (C=O) groups excluding carboxylic acids is 1. The number of nitrogens with zero attached hydrogens (tertiary/aromatic N) is 2. The van der Waals surface area contributed by atoms with Gasteiger partial charge in [0.1, 0.15) is 0 Å². The number of nitrogens with one attached hydrogen (secondary N) is 2. The highest BCUT2D eigenvalue weighted by Crippen LogP contribution is 2.33. The fourth-order valence-electron chi connectivity index (χ4n) is 4.79. The van der Waals surface area contributed by atoms with Crippen LogP contribution in [0.5, 0.6) is 0 Å². The number of anilines is 2. The molecule has 9 nitrogen and oxygen atoms in total. The first kappa shape index (κ1) is 28.8. The molecule has 1 heterocycles. The molecule has 1 saturated carbocycles. The van der Waals surface area contributed by atoms with E-state index in [0.717, 1.165) is 0 Å².